The van der Waals surface area contributed by atoms with Gasteiger partial charge >= 0.3 is 5.97 Å². The molecule has 0 heterocycles. The molecule has 0 saturated heterocycles. The summed E-state index contributed by atoms with van der Waals surface area (Å²) >= 11 is 0. The van der Waals surface area contributed by atoms with Crippen LogP contribution in [0.15, 0.2) is 24.3 Å². The predicted molar refractivity (Wildman–Crippen MR) is 269 cm³/mol. The molecule has 0 bridgehead atoms. The number of nitrogens with one attached hydrogen (secondary N) is 1. The Morgan fingerprint density at radius 3 is 1.15 bits per heavy atom. The minimum absolute atomic E-state index is 0.00706. The van der Waals surface area contributed by atoms with E-state index in [4.69, 9.17) is 4.74 Å². The molecule has 0 saturated carbocycles. The summed E-state index contributed by atoms with van der Waals surface area (Å²) in [5, 5.41) is 23.0. The van der Waals surface area contributed by atoms with Gasteiger partial charge in [-0.3, -0.25) is 9.59 Å². The van der Waals surface area contributed by atoms with Crippen molar-refractivity contribution in [2.75, 3.05) is 13.2 Å². The van der Waals surface area contributed by atoms with Crippen LogP contribution in [0.2, 0.25) is 0 Å². The Balaban J connectivity index is 3.45. The van der Waals surface area contributed by atoms with Crippen molar-refractivity contribution in [3.63, 3.8) is 0 Å². The molecule has 0 radical (unpaired) electrons. The maximum absolute atomic E-state index is 12.4. The van der Waals surface area contributed by atoms with E-state index < -0.39 is 12.1 Å². The van der Waals surface area contributed by atoms with Crippen LogP contribution >= 0.6 is 0 Å². The average Bonchev–Trinajstić information content (AvgIpc) is 3.27. The lowest BCUT2D eigenvalue weighted by molar-refractivity contribution is -0.143. The number of aliphatic hydroxyl groups excluding tert-OH is 2. The maximum atomic E-state index is 12.4. The summed E-state index contributed by atoms with van der Waals surface area (Å²) in [5.41, 5.74) is 0. The van der Waals surface area contributed by atoms with Crippen LogP contribution in [0.5, 0.6) is 0 Å². The van der Waals surface area contributed by atoms with Crippen molar-refractivity contribution in [3.8, 4) is 0 Å². The number of aliphatic hydroxyl groups is 2. The standard InChI is InChI=1S/C56H107NO5/c1-3-5-7-9-11-13-15-25-29-32-36-40-44-48-54(59)53(52-58)57-55(60)49-45-41-37-33-30-26-23-21-19-17-16-18-20-22-24-27-31-35-39-43-47-51-62-56(61)50-46-42-38-34-28-14-12-10-8-6-4-2/h17,19,44,48,53-54,58-59H,3-16,18,20-43,45-47,49-52H2,1-2H3,(H,57,60)/b19-17-,48-44+. The van der Waals surface area contributed by atoms with Gasteiger partial charge in [0.2, 0.25) is 5.91 Å². The van der Waals surface area contributed by atoms with Gasteiger partial charge in [0.15, 0.2) is 0 Å². The Bertz CT molecular complexity index is 966. The zero-order valence-corrected chi connectivity index (χ0v) is 41.6. The molecule has 2 atom stereocenters. The Morgan fingerprint density at radius 1 is 0.435 bits per heavy atom. The maximum Gasteiger partial charge on any atom is 0.305 e. The van der Waals surface area contributed by atoms with Crippen molar-refractivity contribution < 1.29 is 24.5 Å². The van der Waals surface area contributed by atoms with Crippen LogP contribution < -0.4 is 5.32 Å². The van der Waals surface area contributed by atoms with Crippen LogP contribution in [0.25, 0.3) is 0 Å². The van der Waals surface area contributed by atoms with E-state index in [0.717, 1.165) is 44.9 Å². The molecule has 6 nitrogen and oxygen atoms in total. The van der Waals surface area contributed by atoms with Crippen molar-refractivity contribution in [1.82, 2.24) is 5.32 Å². The molecule has 0 spiro atoms. The fraction of sp³-hybridized carbons (Fsp3) is 0.893. The summed E-state index contributed by atoms with van der Waals surface area (Å²) in [4.78, 5) is 24.4. The zero-order valence-electron chi connectivity index (χ0n) is 41.6. The van der Waals surface area contributed by atoms with Gasteiger partial charge in [-0.1, -0.05) is 250 Å². The first-order chi connectivity index (χ1) is 30.5. The zero-order chi connectivity index (χ0) is 45.1. The third kappa shape index (κ3) is 47.8. The monoisotopic (exact) mass is 874 g/mol. The molecular weight excluding hydrogens is 767 g/mol. The molecule has 3 N–H and O–H groups in total. The summed E-state index contributed by atoms with van der Waals surface area (Å²) in [5.74, 6) is -0.0687. The van der Waals surface area contributed by atoms with Crippen LogP contribution in [0, 0.1) is 0 Å². The van der Waals surface area contributed by atoms with E-state index in [2.05, 4.69) is 31.3 Å². The molecule has 0 aliphatic heterocycles. The molecule has 1 amide bonds. The van der Waals surface area contributed by atoms with Gasteiger partial charge in [-0.15, -0.1) is 0 Å². The van der Waals surface area contributed by atoms with E-state index in [-0.39, 0.29) is 18.5 Å². The quantitative estimate of drug-likeness (QED) is 0.0321. The second-order valence-electron chi connectivity index (χ2n) is 18.9. The number of carbonyl (C=O) groups excluding carboxylic acids is 2. The molecule has 6 heteroatoms. The van der Waals surface area contributed by atoms with Crippen LogP contribution in [-0.4, -0.2) is 47.4 Å². The minimum atomic E-state index is -0.848. The molecule has 0 aromatic carbocycles. The molecule has 0 aromatic rings. The van der Waals surface area contributed by atoms with Crippen molar-refractivity contribution in [1.29, 1.82) is 0 Å². The Hall–Kier alpha value is -1.66. The highest BCUT2D eigenvalue weighted by atomic mass is 16.5. The fourth-order valence-corrected chi connectivity index (χ4v) is 8.45. The lowest BCUT2D eigenvalue weighted by Gasteiger charge is -2.20. The molecule has 0 fully saturated rings. The molecule has 0 rings (SSSR count). The Labute approximate surface area is 386 Å². The third-order valence-electron chi connectivity index (χ3n) is 12.7. The first-order valence-corrected chi connectivity index (χ1v) is 27.6. The predicted octanol–water partition coefficient (Wildman–Crippen LogP) is 16.7. The molecule has 0 aliphatic rings. The number of ether oxygens (including phenoxy) is 1. The van der Waals surface area contributed by atoms with Crippen molar-refractivity contribution >= 4 is 11.9 Å². The van der Waals surface area contributed by atoms with Gasteiger partial charge < -0.3 is 20.3 Å². The minimum Gasteiger partial charge on any atom is -0.466 e. The van der Waals surface area contributed by atoms with Gasteiger partial charge in [-0.2, -0.15) is 0 Å². The number of unbranched alkanes of at least 4 members (excludes halogenated alkanes) is 38. The van der Waals surface area contributed by atoms with Crippen LogP contribution in [0.1, 0.15) is 296 Å². The smallest absolute Gasteiger partial charge is 0.305 e. The number of esters is 1. The van der Waals surface area contributed by atoms with Gasteiger partial charge in [0.05, 0.1) is 25.4 Å². The highest BCUT2D eigenvalue weighted by Crippen LogP contribution is 2.16. The van der Waals surface area contributed by atoms with Crippen molar-refractivity contribution in [2.24, 2.45) is 0 Å². The Kier molecular flexibility index (Phi) is 50.6. The van der Waals surface area contributed by atoms with Gasteiger partial charge in [0.1, 0.15) is 0 Å². The Morgan fingerprint density at radius 2 is 0.758 bits per heavy atom. The van der Waals surface area contributed by atoms with E-state index in [1.54, 1.807) is 6.08 Å². The summed E-state index contributed by atoms with van der Waals surface area (Å²) in [6, 6.07) is -0.632. The van der Waals surface area contributed by atoms with E-state index in [9.17, 15) is 19.8 Å². The number of rotatable bonds is 51. The van der Waals surface area contributed by atoms with Crippen LogP contribution in [0.4, 0.5) is 0 Å². The molecule has 0 aromatic heterocycles. The number of hydrogen-bond acceptors (Lipinski definition) is 5. The van der Waals surface area contributed by atoms with Gasteiger partial charge in [-0.25, -0.2) is 0 Å². The number of amides is 1. The molecule has 0 aliphatic carbocycles. The normalized spacial score (nSPS) is 12.8. The highest BCUT2D eigenvalue weighted by Gasteiger charge is 2.18. The second-order valence-corrected chi connectivity index (χ2v) is 18.9. The second kappa shape index (κ2) is 52.0. The van der Waals surface area contributed by atoms with Crippen LogP contribution in [0.3, 0.4) is 0 Å². The average molecular weight is 874 g/mol. The molecular formula is C56H107NO5. The highest BCUT2D eigenvalue weighted by molar-refractivity contribution is 5.76. The molecule has 366 valence electrons. The van der Waals surface area contributed by atoms with E-state index in [0.29, 0.717) is 19.4 Å². The summed E-state index contributed by atoms with van der Waals surface area (Å²) in [6.07, 6.45) is 61.9. The third-order valence-corrected chi connectivity index (χ3v) is 12.7. The van der Waals surface area contributed by atoms with E-state index >= 15 is 0 Å². The lowest BCUT2D eigenvalue weighted by Crippen LogP contribution is -2.45. The summed E-state index contributed by atoms with van der Waals surface area (Å²) in [6.45, 7) is 4.89. The van der Waals surface area contributed by atoms with E-state index in [1.165, 1.54) is 225 Å². The van der Waals surface area contributed by atoms with Gasteiger partial charge in [0.25, 0.3) is 0 Å². The number of hydrogen-bond donors (Lipinski definition) is 3. The van der Waals surface area contributed by atoms with Crippen molar-refractivity contribution in [2.45, 2.75) is 309 Å². The lowest BCUT2D eigenvalue weighted by atomic mass is 10.0. The first kappa shape index (κ1) is 60.3. The summed E-state index contributed by atoms with van der Waals surface area (Å²) in [7, 11) is 0. The SMILES string of the molecule is CCCCCCCCCCCCC/C=C/C(O)C(CO)NC(=O)CCCCCCCCC/C=C\CCCCCCCCCCCCOC(=O)CCCCCCCCCCCCC. The summed E-state index contributed by atoms with van der Waals surface area (Å²) < 4.78 is 5.46. The van der Waals surface area contributed by atoms with Crippen LogP contribution in [-0.2, 0) is 14.3 Å². The fourth-order valence-electron chi connectivity index (χ4n) is 8.45. The molecule has 2 unspecified atom stereocenters. The van der Waals surface area contributed by atoms with E-state index in [1.807, 2.05) is 6.08 Å². The van der Waals surface area contributed by atoms with Crippen molar-refractivity contribution in [3.05, 3.63) is 24.3 Å². The largest absolute Gasteiger partial charge is 0.466 e. The topological polar surface area (TPSA) is 95.9 Å². The number of carbonyl (C=O) groups is 2. The van der Waals surface area contributed by atoms with Gasteiger partial charge in [-0.05, 0) is 57.8 Å². The number of allylic oxidation sites excluding steroid dienone is 3. The first-order valence-electron chi connectivity index (χ1n) is 27.6. The molecule has 62 heavy (non-hydrogen) atoms. The van der Waals surface area contributed by atoms with Gasteiger partial charge in [0, 0.05) is 12.8 Å².